The van der Waals surface area contributed by atoms with Crippen LogP contribution >= 0.6 is 23.3 Å². The summed E-state index contributed by atoms with van der Waals surface area (Å²) in [5, 5.41) is 29.8. The van der Waals surface area contributed by atoms with E-state index >= 15 is 0 Å². The van der Waals surface area contributed by atoms with E-state index in [0.717, 1.165) is 16.4 Å². The number of nitrogens with zero attached hydrogens (tertiary/aromatic N) is 7. The van der Waals surface area contributed by atoms with Crippen LogP contribution in [-0.2, 0) is 37.6 Å². The summed E-state index contributed by atoms with van der Waals surface area (Å²) in [6.45, 7) is 3.31. The predicted molar refractivity (Wildman–Crippen MR) is 164 cm³/mol. The van der Waals surface area contributed by atoms with Crippen LogP contribution in [0.15, 0.2) is 22.6 Å². The lowest BCUT2D eigenvalue weighted by atomic mass is 10.0. The largest absolute Gasteiger partial charge is 0.543 e. The number of fused-ring (bicyclic) bond motifs is 1. The van der Waals surface area contributed by atoms with Gasteiger partial charge < -0.3 is 47.3 Å². The number of nitrogen functional groups attached to an aromatic ring is 2. The second kappa shape index (κ2) is 12.7. The molecule has 0 aromatic carbocycles. The van der Waals surface area contributed by atoms with E-state index in [4.69, 9.17) is 22.0 Å². The molecule has 20 nitrogen and oxygen atoms in total. The topological polar surface area (TPSA) is 293 Å². The number of likely N-dealkylation sites (tertiary alicyclic amines) is 1. The van der Waals surface area contributed by atoms with Gasteiger partial charge in [0.25, 0.3) is 11.8 Å². The summed E-state index contributed by atoms with van der Waals surface area (Å²) in [6, 6.07) is -1.66. The number of anilines is 3. The summed E-state index contributed by atoms with van der Waals surface area (Å²) < 4.78 is 7.03. The average molecular weight is 693 g/mol. The number of nitrogens with two attached hydrogens (primary N) is 3. The van der Waals surface area contributed by atoms with Crippen molar-refractivity contribution in [1.29, 1.82) is 0 Å². The number of rotatable bonds is 10. The smallest absolute Gasteiger partial charge is 0.350 e. The highest BCUT2D eigenvalue weighted by Gasteiger charge is 2.53. The summed E-state index contributed by atoms with van der Waals surface area (Å²) in [5.74, 6) is -4.59. The Morgan fingerprint density at radius 1 is 1.30 bits per heavy atom. The van der Waals surface area contributed by atoms with Crippen LogP contribution in [0.5, 0.6) is 0 Å². The van der Waals surface area contributed by atoms with Gasteiger partial charge in [-0.1, -0.05) is 5.16 Å². The number of aliphatic carboxylic acids is 2. The molecule has 3 aliphatic heterocycles. The minimum atomic E-state index is -1.82. The van der Waals surface area contributed by atoms with E-state index in [1.807, 2.05) is 0 Å². The van der Waals surface area contributed by atoms with E-state index < -0.39 is 46.5 Å². The number of carboxylic acid groups (broad SMARTS) is 2. The Labute approximate surface area is 274 Å². The Morgan fingerprint density at radius 2 is 2.02 bits per heavy atom. The molecule has 0 saturated carbocycles. The third-order valence-corrected chi connectivity index (χ3v) is 9.55. The van der Waals surface area contributed by atoms with Gasteiger partial charge in [-0.2, -0.15) is 9.36 Å². The number of thioether (sulfide) groups is 1. The summed E-state index contributed by atoms with van der Waals surface area (Å²) in [4.78, 5) is 74.6. The molecular weight excluding hydrogens is 660 g/mol. The molecule has 0 radical (unpaired) electrons. The number of carbonyl (C=O) groups excluding carboxylic acids is 4. The van der Waals surface area contributed by atoms with Crippen molar-refractivity contribution in [1.82, 2.24) is 29.2 Å². The first kappa shape index (κ1) is 33.4. The maximum absolute atomic E-state index is 13.3. The number of carbonyl (C=O) groups is 5. The Balaban J connectivity index is 1.33. The molecule has 5 rings (SSSR count). The third kappa shape index (κ3) is 6.51. The predicted octanol–water partition coefficient (Wildman–Crippen LogP) is -3.42. The first-order valence-corrected chi connectivity index (χ1v) is 15.9. The Kier molecular flexibility index (Phi) is 9.01. The number of β-lactam (4-membered cyclic amide) rings is 1. The number of urea groups is 1. The van der Waals surface area contributed by atoms with Crippen LogP contribution in [0, 0.1) is 0 Å². The van der Waals surface area contributed by atoms with Crippen LogP contribution < -0.4 is 37.6 Å². The van der Waals surface area contributed by atoms with Crippen molar-refractivity contribution in [2.75, 3.05) is 35.6 Å². The molecule has 2 saturated heterocycles. The fourth-order valence-electron chi connectivity index (χ4n) is 4.94. The summed E-state index contributed by atoms with van der Waals surface area (Å²) in [7, 11) is 1.63. The van der Waals surface area contributed by atoms with Gasteiger partial charge in [0.15, 0.2) is 23.2 Å². The van der Waals surface area contributed by atoms with Crippen molar-refractivity contribution in [3.05, 3.63) is 23.3 Å². The SMILES string of the molecule is Cn1c(N)c(NC(=O)N2CC[C@H](N)C2)c[n+]1CC1=C(C(=O)[O-])N2C(=O)[C@@H](NC(=O)/C(=N/OC(C)(C)C(=O)O)c3nsc(N)n3)[C@H]2SC1. The summed E-state index contributed by atoms with van der Waals surface area (Å²) in [5.41, 5.74) is 15.7. The van der Waals surface area contributed by atoms with Gasteiger partial charge in [0, 0.05) is 42.0 Å². The van der Waals surface area contributed by atoms with Gasteiger partial charge in [-0.3, -0.25) is 19.8 Å². The van der Waals surface area contributed by atoms with E-state index in [2.05, 4.69) is 25.1 Å². The van der Waals surface area contributed by atoms with E-state index in [1.165, 1.54) is 30.3 Å². The number of oxime groups is 1. The molecular formula is C25H32N12O8S2. The van der Waals surface area contributed by atoms with Crippen LogP contribution in [-0.4, -0.2) is 106 Å². The van der Waals surface area contributed by atoms with Crippen LogP contribution in [0.3, 0.4) is 0 Å². The van der Waals surface area contributed by atoms with E-state index in [1.54, 1.807) is 22.8 Å². The first-order valence-electron chi connectivity index (χ1n) is 14.0. The number of nitrogens with one attached hydrogen (secondary N) is 2. The monoisotopic (exact) mass is 692 g/mol. The maximum atomic E-state index is 13.3. The highest BCUT2D eigenvalue weighted by Crippen LogP contribution is 2.40. The molecule has 252 valence electrons. The van der Waals surface area contributed by atoms with Gasteiger partial charge in [0.1, 0.15) is 11.4 Å². The van der Waals surface area contributed by atoms with Crippen molar-refractivity contribution in [3.8, 4) is 0 Å². The molecule has 5 heterocycles. The van der Waals surface area contributed by atoms with Crippen molar-refractivity contribution < 1.29 is 43.7 Å². The standard InChI is InChI=1S/C25H32N12O8S2/c1-25(2,22(42)43)45-32-13(17-31-23(28)47-33-17)18(38)30-14-19(39)37-15(21(40)41)10(9-46-20(14)37)6-36-8-12(16(27)34(36)3)29-24(44)35-5-4-11(26)7-35/h8,11,14,20,27H,4-7,9,26H2,1-3H3,(H6,28,29,30,31,33,38,40,41,42,43,44)/b32-13+/t11-,14+,20+/m0/s1. The second-order valence-corrected chi connectivity index (χ2v) is 13.3. The summed E-state index contributed by atoms with van der Waals surface area (Å²) >= 11 is 1.95. The molecule has 3 atom stereocenters. The van der Waals surface area contributed by atoms with Crippen LogP contribution in [0.1, 0.15) is 26.1 Å². The van der Waals surface area contributed by atoms with Gasteiger partial charge in [0.2, 0.25) is 23.3 Å². The molecule has 2 aromatic heterocycles. The summed E-state index contributed by atoms with van der Waals surface area (Å²) in [6.07, 6.45) is 2.23. The van der Waals surface area contributed by atoms with E-state index in [-0.39, 0.29) is 46.8 Å². The molecule has 0 spiro atoms. The zero-order valence-electron chi connectivity index (χ0n) is 25.3. The fourth-order valence-corrected chi connectivity index (χ4v) is 6.71. The molecule has 9 N–H and O–H groups in total. The second-order valence-electron chi connectivity index (χ2n) is 11.4. The van der Waals surface area contributed by atoms with Gasteiger partial charge in [-0.25, -0.2) is 9.59 Å². The quantitative estimate of drug-likeness (QED) is 0.0612. The highest BCUT2D eigenvalue weighted by molar-refractivity contribution is 8.00. The molecule has 4 amide bonds. The molecule has 47 heavy (non-hydrogen) atoms. The van der Waals surface area contributed by atoms with E-state index in [0.29, 0.717) is 30.8 Å². The Bertz CT molecular complexity index is 1720. The first-order chi connectivity index (χ1) is 22.1. The molecule has 22 heteroatoms. The van der Waals surface area contributed by atoms with Crippen LogP contribution in [0.25, 0.3) is 0 Å². The molecule has 3 aliphatic rings. The third-order valence-electron chi connectivity index (χ3n) is 7.67. The molecule has 0 bridgehead atoms. The van der Waals surface area contributed by atoms with Crippen molar-refractivity contribution >= 4 is 75.4 Å². The minimum Gasteiger partial charge on any atom is -0.543 e. The zero-order chi connectivity index (χ0) is 34.4. The molecule has 0 aliphatic carbocycles. The Morgan fingerprint density at radius 3 is 2.62 bits per heavy atom. The van der Waals surface area contributed by atoms with Crippen LogP contribution in [0.2, 0.25) is 0 Å². The van der Waals surface area contributed by atoms with Gasteiger partial charge >= 0.3 is 12.0 Å². The van der Waals surface area contributed by atoms with Gasteiger partial charge in [0.05, 0.1) is 18.7 Å². The van der Waals surface area contributed by atoms with Crippen molar-refractivity contribution in [2.45, 2.75) is 49.9 Å². The average Bonchev–Trinajstić information content (AvgIpc) is 3.71. The molecule has 2 aromatic rings. The fraction of sp³-hybridized carbons (Fsp3) is 0.480. The lowest BCUT2D eigenvalue weighted by Crippen LogP contribution is -2.71. The van der Waals surface area contributed by atoms with Crippen LogP contribution in [0.4, 0.5) is 21.4 Å². The number of aromatic nitrogens is 4. The number of amides is 4. The van der Waals surface area contributed by atoms with Gasteiger partial charge in [-0.05, 0) is 20.3 Å². The number of carboxylic acids is 2. The molecule has 2 fully saturated rings. The Hall–Kier alpha value is -4.96. The normalized spacial score (nSPS) is 21.3. The minimum absolute atomic E-state index is 0.00771. The number of hydrogen-bond acceptors (Lipinski definition) is 15. The van der Waals surface area contributed by atoms with Crippen molar-refractivity contribution in [2.24, 2.45) is 17.9 Å². The van der Waals surface area contributed by atoms with Crippen molar-refractivity contribution in [3.63, 3.8) is 0 Å². The zero-order valence-corrected chi connectivity index (χ0v) is 27.0. The lowest BCUT2D eigenvalue weighted by molar-refractivity contribution is -0.765. The highest BCUT2D eigenvalue weighted by atomic mass is 32.2. The van der Waals surface area contributed by atoms with E-state index in [9.17, 15) is 34.2 Å². The molecule has 0 unspecified atom stereocenters. The number of hydrogen-bond donors (Lipinski definition) is 6. The lowest BCUT2D eigenvalue weighted by Gasteiger charge is -2.50. The maximum Gasteiger partial charge on any atom is 0.350 e. The van der Waals surface area contributed by atoms with Gasteiger partial charge in [-0.15, -0.1) is 21.1 Å².